The number of benzene rings is 10. The van der Waals surface area contributed by atoms with Gasteiger partial charge in [-0.15, -0.1) is 0 Å². The van der Waals surface area contributed by atoms with Crippen LogP contribution in [-0.2, 0) is 0 Å². The summed E-state index contributed by atoms with van der Waals surface area (Å²) in [6.07, 6.45) is 0. The molecule has 11 aromatic rings. The Morgan fingerprint density at radius 3 is 1.44 bits per heavy atom. The summed E-state index contributed by atoms with van der Waals surface area (Å²) in [6.45, 7) is 4.00. The summed E-state index contributed by atoms with van der Waals surface area (Å²) in [7, 11) is 0. The Hall–Kier alpha value is -8.49. The molecule has 0 fully saturated rings. The molecular formula is C55H39N3O5. The van der Waals surface area contributed by atoms with Gasteiger partial charge in [-0.05, 0) is 77.1 Å². The van der Waals surface area contributed by atoms with Crippen molar-refractivity contribution in [3.8, 4) is 85.2 Å². The summed E-state index contributed by atoms with van der Waals surface area (Å²) in [5.41, 5.74) is 4.11. The molecule has 0 saturated heterocycles. The Morgan fingerprint density at radius 1 is 0.286 bits per heavy atom. The van der Waals surface area contributed by atoms with Gasteiger partial charge in [0.25, 0.3) is 0 Å². The summed E-state index contributed by atoms with van der Waals surface area (Å²) in [5.74, 6) is -3.21. The summed E-state index contributed by atoms with van der Waals surface area (Å²) < 4.78 is 0. The second kappa shape index (κ2) is 15.5. The largest absolute Gasteiger partial charge is 0.504 e. The van der Waals surface area contributed by atoms with Crippen LogP contribution in [0.1, 0.15) is 13.8 Å². The number of aromatic hydroxyl groups is 5. The fourth-order valence-electron chi connectivity index (χ4n) is 8.79. The fourth-order valence-corrected chi connectivity index (χ4v) is 8.79. The van der Waals surface area contributed by atoms with Crippen LogP contribution < -0.4 is 0 Å². The molecule has 1 aromatic heterocycles. The van der Waals surface area contributed by atoms with E-state index in [2.05, 4.69) is 48.5 Å². The molecule has 0 atom stereocenters. The van der Waals surface area contributed by atoms with Gasteiger partial charge in [-0.2, -0.15) is 0 Å². The molecule has 0 bridgehead atoms. The highest BCUT2D eigenvalue weighted by Crippen LogP contribution is 2.58. The Bertz CT molecular complexity index is 3560. The number of aromatic nitrogens is 3. The van der Waals surface area contributed by atoms with Gasteiger partial charge in [0.1, 0.15) is 0 Å². The molecule has 1 heterocycles. The quantitative estimate of drug-likeness (QED) is 0.0500. The molecule has 0 spiro atoms. The van der Waals surface area contributed by atoms with Crippen LogP contribution in [0.25, 0.3) is 110 Å². The van der Waals surface area contributed by atoms with Crippen molar-refractivity contribution in [3.63, 3.8) is 0 Å². The van der Waals surface area contributed by atoms with Gasteiger partial charge >= 0.3 is 0 Å². The molecule has 0 aliphatic rings. The van der Waals surface area contributed by atoms with E-state index in [0.29, 0.717) is 50.1 Å². The fraction of sp³-hybridized carbons (Fsp3) is 0.0364. The van der Waals surface area contributed by atoms with Gasteiger partial charge in [-0.25, -0.2) is 15.0 Å². The Kier molecular flexibility index (Phi) is 9.53. The van der Waals surface area contributed by atoms with Gasteiger partial charge in [0.2, 0.25) is 17.2 Å². The first-order chi connectivity index (χ1) is 30.9. The first kappa shape index (κ1) is 38.7. The number of hydrogen-bond donors (Lipinski definition) is 5. The summed E-state index contributed by atoms with van der Waals surface area (Å²) in [4.78, 5) is 15.8. The number of phenolic OH excluding ortho intramolecular Hbond substituents is 5. The van der Waals surface area contributed by atoms with Crippen LogP contribution in [0.15, 0.2) is 170 Å². The van der Waals surface area contributed by atoms with Crippen molar-refractivity contribution in [2.45, 2.75) is 13.8 Å². The van der Waals surface area contributed by atoms with E-state index in [1.54, 1.807) is 0 Å². The summed E-state index contributed by atoms with van der Waals surface area (Å²) in [5, 5.41) is 63.9. The monoisotopic (exact) mass is 821 g/mol. The second-order valence-corrected chi connectivity index (χ2v) is 15.1. The minimum atomic E-state index is -1.03. The van der Waals surface area contributed by atoms with Crippen molar-refractivity contribution < 1.29 is 25.5 Å². The van der Waals surface area contributed by atoms with Crippen molar-refractivity contribution >= 4 is 53.9 Å². The molecule has 10 aromatic carbocycles. The maximum Gasteiger partial charge on any atom is 0.208 e. The molecule has 8 nitrogen and oxygen atoms in total. The van der Waals surface area contributed by atoms with Crippen LogP contribution in [0.2, 0.25) is 0 Å². The zero-order chi connectivity index (χ0) is 43.4. The Labute approximate surface area is 361 Å². The molecule has 304 valence electrons. The van der Waals surface area contributed by atoms with Gasteiger partial charge in [-0.1, -0.05) is 172 Å². The van der Waals surface area contributed by atoms with Crippen molar-refractivity contribution in [2.24, 2.45) is 0 Å². The molecule has 0 saturated carbocycles. The predicted octanol–water partition coefficient (Wildman–Crippen LogP) is 13.5. The Morgan fingerprint density at radius 2 is 0.762 bits per heavy atom. The molecule has 8 heteroatoms. The van der Waals surface area contributed by atoms with Gasteiger partial charge in [0.15, 0.2) is 29.0 Å². The van der Waals surface area contributed by atoms with E-state index in [-0.39, 0.29) is 5.56 Å². The first-order valence-electron chi connectivity index (χ1n) is 20.7. The standard InChI is InChI=1S/C53H33N3O5.C2H6/c57-46-45(47(58)49(60)50(61)48(46)59)43-37-21-11-12-22-38(37)44(39-26-24-32(27-41(39)43)29-13-3-1-4-14-29)53-55-51(31-16-5-2-6-17-31)54-52(56-53)42-28-40-33-18-8-7-15-30(33)23-25-36(40)34-19-9-10-20-35(34)42;1-2/h1-28,57-61H;1-2H3. The van der Waals surface area contributed by atoms with Gasteiger partial charge in [-0.3, -0.25) is 0 Å². The van der Waals surface area contributed by atoms with E-state index in [1.165, 1.54) is 0 Å². The van der Waals surface area contributed by atoms with Gasteiger partial charge in [0.05, 0.1) is 5.56 Å². The van der Waals surface area contributed by atoms with Crippen LogP contribution >= 0.6 is 0 Å². The molecule has 63 heavy (non-hydrogen) atoms. The van der Waals surface area contributed by atoms with E-state index >= 15 is 0 Å². The van der Waals surface area contributed by atoms with Crippen LogP contribution in [-0.4, -0.2) is 40.5 Å². The van der Waals surface area contributed by atoms with Crippen molar-refractivity contribution in [1.82, 2.24) is 15.0 Å². The topological polar surface area (TPSA) is 140 Å². The zero-order valence-electron chi connectivity index (χ0n) is 34.2. The van der Waals surface area contributed by atoms with E-state index in [0.717, 1.165) is 54.6 Å². The number of hydrogen-bond acceptors (Lipinski definition) is 8. The van der Waals surface area contributed by atoms with Crippen LogP contribution in [0.4, 0.5) is 0 Å². The molecule has 0 unspecified atom stereocenters. The second-order valence-electron chi connectivity index (χ2n) is 15.1. The minimum Gasteiger partial charge on any atom is -0.504 e. The molecular weight excluding hydrogens is 783 g/mol. The third kappa shape index (κ3) is 6.27. The Balaban J connectivity index is 0.00000232. The summed E-state index contributed by atoms with van der Waals surface area (Å²) >= 11 is 0. The predicted molar refractivity (Wildman–Crippen MR) is 254 cm³/mol. The molecule has 0 aliphatic carbocycles. The van der Waals surface area contributed by atoms with Crippen molar-refractivity contribution in [1.29, 1.82) is 0 Å². The lowest BCUT2D eigenvalue weighted by molar-refractivity contribution is 0.330. The highest BCUT2D eigenvalue weighted by molar-refractivity contribution is 6.23. The van der Waals surface area contributed by atoms with E-state index in [4.69, 9.17) is 15.0 Å². The van der Waals surface area contributed by atoms with Crippen molar-refractivity contribution in [3.05, 3.63) is 170 Å². The van der Waals surface area contributed by atoms with Gasteiger partial charge < -0.3 is 25.5 Å². The highest BCUT2D eigenvalue weighted by atomic mass is 16.4. The molecule has 5 N–H and O–H groups in total. The third-order valence-electron chi connectivity index (χ3n) is 11.7. The maximum absolute atomic E-state index is 11.5. The summed E-state index contributed by atoms with van der Waals surface area (Å²) in [6, 6.07) is 56.0. The number of nitrogens with zero attached hydrogens (tertiary/aromatic N) is 3. The minimum absolute atomic E-state index is 0.248. The lowest BCUT2D eigenvalue weighted by Crippen LogP contribution is -2.02. The molecule has 11 rings (SSSR count). The van der Waals surface area contributed by atoms with E-state index in [9.17, 15) is 25.5 Å². The molecule has 0 amide bonds. The number of rotatable bonds is 5. The highest BCUT2D eigenvalue weighted by Gasteiger charge is 2.29. The first-order valence-corrected chi connectivity index (χ1v) is 20.7. The molecule has 0 aliphatic heterocycles. The smallest absolute Gasteiger partial charge is 0.208 e. The van der Waals surface area contributed by atoms with Crippen LogP contribution in [0.5, 0.6) is 28.7 Å². The maximum atomic E-state index is 11.5. The lowest BCUT2D eigenvalue weighted by Gasteiger charge is -2.20. The number of fused-ring (bicyclic) bond motifs is 7. The van der Waals surface area contributed by atoms with E-state index < -0.39 is 28.7 Å². The average Bonchev–Trinajstić information content (AvgIpc) is 3.35. The normalized spacial score (nSPS) is 11.3. The van der Waals surface area contributed by atoms with Crippen LogP contribution in [0, 0.1) is 0 Å². The average molecular weight is 822 g/mol. The lowest BCUT2D eigenvalue weighted by atomic mass is 9.85. The van der Waals surface area contributed by atoms with E-state index in [1.807, 2.05) is 135 Å². The SMILES string of the molecule is CC.Oc1c(O)c(O)c(-c2c3ccccc3c(-c3nc(-c4ccccc4)nc(-c4cc5c6ccccc6ccc5c5ccccc45)n3)c3ccc(-c4ccccc4)cc23)c(O)c1O. The third-order valence-corrected chi connectivity index (χ3v) is 11.7. The molecule has 0 radical (unpaired) electrons. The zero-order valence-corrected chi connectivity index (χ0v) is 34.2. The number of phenols is 5. The van der Waals surface area contributed by atoms with Crippen molar-refractivity contribution in [2.75, 3.05) is 0 Å². The van der Waals surface area contributed by atoms with Gasteiger partial charge in [0, 0.05) is 22.3 Å². The van der Waals surface area contributed by atoms with Crippen LogP contribution in [0.3, 0.4) is 0 Å².